The molecule has 0 spiro atoms. The molecule has 1 fully saturated rings. The Balaban J connectivity index is 1.55. The molecule has 0 unspecified atom stereocenters. The Bertz CT molecular complexity index is 1610. The molecular formula is C29H27BrF3N5O3. The number of benzene rings is 2. The van der Waals surface area contributed by atoms with Gasteiger partial charge in [-0.2, -0.15) is 13.2 Å². The number of nitrogens with zero attached hydrogens (tertiary/aromatic N) is 3. The SMILES string of the molecule is C=CC1(Nc2nc3c(c(=O)n2-c2ccc(C(=O)NC)cc2)C[C@@H](C)N(C(=O)c2ccc(Br)c(C(F)(F)F)c2)C3)CC1. The van der Waals surface area contributed by atoms with Crippen LogP contribution < -0.4 is 16.2 Å². The average molecular weight is 630 g/mol. The zero-order valence-electron chi connectivity index (χ0n) is 22.3. The van der Waals surface area contributed by atoms with Gasteiger partial charge in [0.1, 0.15) is 0 Å². The van der Waals surface area contributed by atoms with Crippen LogP contribution in [0, 0.1) is 0 Å². The van der Waals surface area contributed by atoms with Crippen LogP contribution in [0.2, 0.25) is 0 Å². The maximum atomic E-state index is 13.9. The van der Waals surface area contributed by atoms with Gasteiger partial charge in [0.25, 0.3) is 17.4 Å². The van der Waals surface area contributed by atoms with Gasteiger partial charge in [-0.05, 0) is 68.7 Å². The largest absolute Gasteiger partial charge is 0.417 e. The molecule has 1 atom stereocenters. The van der Waals surface area contributed by atoms with Gasteiger partial charge in [0.15, 0.2) is 0 Å². The lowest BCUT2D eigenvalue weighted by atomic mass is 9.98. The van der Waals surface area contributed by atoms with Gasteiger partial charge in [0, 0.05) is 34.3 Å². The van der Waals surface area contributed by atoms with E-state index in [1.165, 1.54) is 28.6 Å². The van der Waals surface area contributed by atoms with Gasteiger partial charge in [-0.1, -0.05) is 22.0 Å². The van der Waals surface area contributed by atoms with E-state index in [-0.39, 0.29) is 40.4 Å². The van der Waals surface area contributed by atoms with Crippen LogP contribution in [0.25, 0.3) is 5.69 Å². The van der Waals surface area contributed by atoms with E-state index in [9.17, 15) is 27.6 Å². The van der Waals surface area contributed by atoms with Gasteiger partial charge in [-0.3, -0.25) is 14.4 Å². The van der Waals surface area contributed by atoms with Crippen LogP contribution in [0.1, 0.15) is 57.3 Å². The van der Waals surface area contributed by atoms with E-state index in [4.69, 9.17) is 4.98 Å². The fraction of sp³-hybridized carbons (Fsp3) is 0.310. The Morgan fingerprint density at radius 1 is 1.15 bits per heavy atom. The topological polar surface area (TPSA) is 96.3 Å². The molecule has 214 valence electrons. The summed E-state index contributed by atoms with van der Waals surface area (Å²) in [5.41, 5.74) is -0.0926. The molecule has 0 radical (unpaired) electrons. The molecule has 0 bridgehead atoms. The van der Waals surface area contributed by atoms with Crippen molar-refractivity contribution in [3.63, 3.8) is 0 Å². The Morgan fingerprint density at radius 2 is 1.80 bits per heavy atom. The quantitative estimate of drug-likeness (QED) is 0.370. The van der Waals surface area contributed by atoms with Crippen LogP contribution in [0.4, 0.5) is 19.1 Å². The zero-order valence-corrected chi connectivity index (χ0v) is 23.9. The summed E-state index contributed by atoms with van der Waals surface area (Å²) in [7, 11) is 1.53. The van der Waals surface area contributed by atoms with Crippen LogP contribution in [-0.2, 0) is 19.1 Å². The summed E-state index contributed by atoms with van der Waals surface area (Å²) in [6.45, 7) is 5.59. The van der Waals surface area contributed by atoms with Crippen molar-refractivity contribution < 1.29 is 22.8 Å². The first-order valence-corrected chi connectivity index (χ1v) is 13.7. The number of alkyl halides is 3. The summed E-state index contributed by atoms with van der Waals surface area (Å²) in [5.74, 6) is -0.596. The number of aromatic nitrogens is 2. The normalized spacial score (nSPS) is 17.4. The Kier molecular flexibility index (Phi) is 7.31. The molecule has 1 saturated carbocycles. The fourth-order valence-corrected chi connectivity index (χ4v) is 5.41. The van der Waals surface area contributed by atoms with Crippen LogP contribution in [0.15, 0.2) is 64.4 Å². The summed E-state index contributed by atoms with van der Waals surface area (Å²) in [5, 5.41) is 5.88. The third-order valence-electron chi connectivity index (χ3n) is 7.55. The van der Waals surface area contributed by atoms with Crippen molar-refractivity contribution in [2.75, 3.05) is 12.4 Å². The van der Waals surface area contributed by atoms with Crippen molar-refractivity contribution >= 4 is 33.7 Å². The molecule has 0 saturated heterocycles. The minimum Gasteiger partial charge on any atom is -0.355 e. The molecule has 8 nitrogen and oxygen atoms in total. The van der Waals surface area contributed by atoms with Gasteiger partial charge in [0.2, 0.25) is 5.95 Å². The highest BCUT2D eigenvalue weighted by Crippen LogP contribution is 2.40. The molecule has 2 aliphatic rings. The summed E-state index contributed by atoms with van der Waals surface area (Å²) < 4.78 is 41.8. The molecule has 5 rings (SSSR count). The monoisotopic (exact) mass is 629 g/mol. The zero-order chi connectivity index (χ0) is 29.7. The van der Waals surface area contributed by atoms with Gasteiger partial charge in [-0.15, -0.1) is 6.58 Å². The minimum absolute atomic E-state index is 0.0474. The van der Waals surface area contributed by atoms with Crippen LogP contribution >= 0.6 is 15.9 Å². The molecule has 3 aromatic rings. The van der Waals surface area contributed by atoms with Crippen molar-refractivity contribution in [3.05, 3.63) is 97.9 Å². The third-order valence-corrected chi connectivity index (χ3v) is 8.24. The second-order valence-corrected chi connectivity index (χ2v) is 11.1. The van der Waals surface area contributed by atoms with E-state index < -0.39 is 29.2 Å². The smallest absolute Gasteiger partial charge is 0.355 e. The number of carbonyl (C=O) groups excluding carboxylic acids is 2. The van der Waals surface area contributed by atoms with Gasteiger partial charge >= 0.3 is 6.18 Å². The predicted octanol–water partition coefficient (Wildman–Crippen LogP) is 5.09. The summed E-state index contributed by atoms with van der Waals surface area (Å²) in [6.07, 6.45) is -1.11. The number of hydrogen-bond acceptors (Lipinski definition) is 5. The number of carbonyl (C=O) groups is 2. The molecule has 1 aliphatic carbocycles. The Hall–Kier alpha value is -3.93. The van der Waals surface area contributed by atoms with E-state index in [2.05, 4.69) is 33.1 Å². The summed E-state index contributed by atoms with van der Waals surface area (Å²) in [6, 6.07) is 9.44. The van der Waals surface area contributed by atoms with Crippen molar-refractivity contribution in [1.29, 1.82) is 0 Å². The number of fused-ring (bicyclic) bond motifs is 1. The molecule has 2 amide bonds. The Labute approximate surface area is 242 Å². The molecule has 41 heavy (non-hydrogen) atoms. The number of halogens is 4. The molecule has 2 N–H and O–H groups in total. The van der Waals surface area contributed by atoms with E-state index >= 15 is 0 Å². The minimum atomic E-state index is -4.63. The van der Waals surface area contributed by atoms with Gasteiger partial charge < -0.3 is 15.5 Å². The number of anilines is 1. The molecular weight excluding hydrogens is 603 g/mol. The number of nitrogens with one attached hydrogen (secondary N) is 2. The maximum absolute atomic E-state index is 13.9. The van der Waals surface area contributed by atoms with E-state index in [0.29, 0.717) is 22.5 Å². The standard InChI is InChI=1S/C29H27BrF3N5O3/c1-4-28(11-12-28)36-27-35-23-15-37(25(40)18-7-10-22(30)21(14-18)29(31,32)33)16(2)13-20(23)26(41)38(27)19-8-5-17(6-9-19)24(39)34-3/h4-10,14,16H,1,11-13,15H2,2-3H3,(H,34,39)(H,35,36)/t16-/m1/s1. The van der Waals surface area contributed by atoms with Gasteiger partial charge in [0.05, 0.1) is 29.0 Å². The first-order chi connectivity index (χ1) is 19.4. The number of hydrogen-bond donors (Lipinski definition) is 2. The van der Waals surface area contributed by atoms with E-state index in [1.807, 2.05) is 0 Å². The average Bonchev–Trinajstić information content (AvgIpc) is 3.72. The highest BCUT2D eigenvalue weighted by atomic mass is 79.9. The molecule has 1 aliphatic heterocycles. The molecule has 2 heterocycles. The highest BCUT2D eigenvalue weighted by Gasteiger charge is 2.41. The fourth-order valence-electron chi connectivity index (χ4n) is 4.94. The van der Waals surface area contributed by atoms with Crippen molar-refractivity contribution in [1.82, 2.24) is 19.8 Å². The lowest BCUT2D eigenvalue weighted by molar-refractivity contribution is -0.138. The number of amides is 2. The van der Waals surface area contributed by atoms with Crippen LogP contribution in [0.3, 0.4) is 0 Å². The molecule has 2 aromatic carbocycles. The number of rotatable bonds is 6. The predicted molar refractivity (Wildman–Crippen MR) is 151 cm³/mol. The first kappa shape index (κ1) is 28.6. The van der Waals surface area contributed by atoms with Crippen LogP contribution in [0.5, 0.6) is 0 Å². The highest BCUT2D eigenvalue weighted by molar-refractivity contribution is 9.10. The van der Waals surface area contributed by atoms with Gasteiger partial charge in [-0.25, -0.2) is 9.55 Å². The second kappa shape index (κ2) is 10.5. The summed E-state index contributed by atoms with van der Waals surface area (Å²) in [4.78, 5) is 45.6. The first-order valence-electron chi connectivity index (χ1n) is 12.9. The van der Waals surface area contributed by atoms with Crippen molar-refractivity contribution in [3.8, 4) is 5.69 Å². The lowest BCUT2D eigenvalue weighted by Gasteiger charge is -2.35. The Morgan fingerprint density at radius 3 is 2.39 bits per heavy atom. The van der Waals surface area contributed by atoms with Crippen molar-refractivity contribution in [2.24, 2.45) is 0 Å². The van der Waals surface area contributed by atoms with Crippen molar-refractivity contribution in [2.45, 2.75) is 50.5 Å². The lowest BCUT2D eigenvalue weighted by Crippen LogP contribution is -2.46. The molecule has 12 heteroatoms. The second-order valence-electron chi connectivity index (χ2n) is 10.3. The van der Waals surface area contributed by atoms with E-state index in [0.717, 1.165) is 18.9 Å². The summed E-state index contributed by atoms with van der Waals surface area (Å²) >= 11 is 2.91. The third kappa shape index (κ3) is 5.40. The molecule has 1 aromatic heterocycles. The maximum Gasteiger partial charge on any atom is 0.417 e. The van der Waals surface area contributed by atoms with Crippen LogP contribution in [-0.4, -0.2) is 44.9 Å². The van der Waals surface area contributed by atoms with E-state index in [1.54, 1.807) is 37.3 Å².